The van der Waals surface area contributed by atoms with Crippen LogP contribution in [0.25, 0.3) is 0 Å². The van der Waals surface area contributed by atoms with Crippen molar-refractivity contribution < 1.29 is 27.2 Å². The Morgan fingerprint density at radius 2 is 1.74 bits per heavy atom. The van der Waals surface area contributed by atoms with Gasteiger partial charge < -0.3 is 10.2 Å². The molecular weight excluding hydrogens is 364 g/mol. The monoisotopic (exact) mass is 382 g/mol. The van der Waals surface area contributed by atoms with Gasteiger partial charge in [-0.25, -0.2) is 4.39 Å². The van der Waals surface area contributed by atoms with E-state index in [4.69, 9.17) is 0 Å². The van der Waals surface area contributed by atoms with Crippen LogP contribution in [0.3, 0.4) is 0 Å². The second kappa shape index (κ2) is 8.66. The van der Waals surface area contributed by atoms with Crippen molar-refractivity contribution in [2.24, 2.45) is 0 Å². The van der Waals surface area contributed by atoms with Gasteiger partial charge in [0.1, 0.15) is 12.4 Å². The smallest absolute Gasteiger partial charge is 0.354 e. The van der Waals surface area contributed by atoms with E-state index in [0.717, 1.165) is 22.6 Å². The van der Waals surface area contributed by atoms with Gasteiger partial charge in [-0.15, -0.1) is 0 Å². The number of carbonyl (C=O) groups excluding carboxylic acids is 2. The maximum atomic E-state index is 12.8. The number of benzene rings is 2. The van der Waals surface area contributed by atoms with Gasteiger partial charge in [0.25, 0.3) is 0 Å². The molecule has 0 spiro atoms. The summed E-state index contributed by atoms with van der Waals surface area (Å²) in [5.41, 5.74) is -0.0908. The second-order valence-corrected chi connectivity index (χ2v) is 5.88. The van der Waals surface area contributed by atoms with Crippen LogP contribution in [-0.2, 0) is 22.2 Å². The molecule has 2 rings (SSSR count). The predicted octanol–water partition coefficient (Wildman–Crippen LogP) is 3.56. The van der Waals surface area contributed by atoms with E-state index in [1.807, 2.05) is 0 Å². The summed E-state index contributed by atoms with van der Waals surface area (Å²) >= 11 is 0. The molecule has 1 N–H and O–H groups in total. The first-order valence-electron chi connectivity index (χ1n) is 8.13. The third-order valence-electron chi connectivity index (χ3n) is 3.82. The van der Waals surface area contributed by atoms with Crippen LogP contribution in [0.5, 0.6) is 0 Å². The van der Waals surface area contributed by atoms with Gasteiger partial charge in [0.2, 0.25) is 11.8 Å². The van der Waals surface area contributed by atoms with Crippen LogP contribution in [0, 0.1) is 5.82 Å². The Hall–Kier alpha value is -2.90. The molecule has 0 aliphatic rings. The molecule has 4 nitrogen and oxygen atoms in total. The molecule has 0 atom stereocenters. The number of nitrogens with zero attached hydrogens (tertiary/aromatic N) is 1. The molecule has 0 radical (unpaired) electrons. The van der Waals surface area contributed by atoms with Crippen molar-refractivity contribution in [2.75, 3.05) is 18.0 Å². The van der Waals surface area contributed by atoms with E-state index >= 15 is 0 Å². The minimum Gasteiger partial charge on any atom is -0.354 e. The van der Waals surface area contributed by atoms with E-state index in [1.165, 1.54) is 31.2 Å². The molecule has 2 amide bonds. The highest BCUT2D eigenvalue weighted by atomic mass is 19.4. The lowest BCUT2D eigenvalue weighted by atomic mass is 10.1. The number of nitrogens with one attached hydrogen (secondary N) is 1. The van der Waals surface area contributed by atoms with Crippen molar-refractivity contribution in [3.8, 4) is 0 Å². The zero-order valence-electron chi connectivity index (χ0n) is 14.5. The quantitative estimate of drug-likeness (QED) is 0.777. The normalized spacial score (nSPS) is 11.1. The molecule has 8 heteroatoms. The maximum Gasteiger partial charge on any atom is 0.416 e. The number of alkyl halides is 3. The minimum atomic E-state index is -4.55. The fraction of sp³-hybridized carbons (Fsp3) is 0.263. The molecule has 144 valence electrons. The largest absolute Gasteiger partial charge is 0.416 e. The summed E-state index contributed by atoms with van der Waals surface area (Å²) in [6, 6.07) is 10.0. The molecule has 0 saturated carbocycles. The molecule has 0 saturated heterocycles. The third-order valence-corrected chi connectivity index (χ3v) is 3.82. The number of halogens is 4. The highest BCUT2D eigenvalue weighted by Crippen LogP contribution is 2.31. The molecule has 0 aromatic heterocycles. The average molecular weight is 382 g/mol. The van der Waals surface area contributed by atoms with Crippen LogP contribution >= 0.6 is 0 Å². The molecule has 2 aromatic carbocycles. The first-order chi connectivity index (χ1) is 12.7. The number of hydrogen-bond acceptors (Lipinski definition) is 2. The summed E-state index contributed by atoms with van der Waals surface area (Å²) in [6.07, 6.45) is -4.09. The van der Waals surface area contributed by atoms with E-state index in [0.29, 0.717) is 6.42 Å². The Morgan fingerprint density at radius 1 is 1.07 bits per heavy atom. The molecule has 2 aromatic rings. The summed E-state index contributed by atoms with van der Waals surface area (Å²) in [5, 5.41) is 2.60. The Balaban J connectivity index is 1.98. The van der Waals surface area contributed by atoms with Gasteiger partial charge in [-0.1, -0.05) is 18.2 Å². The van der Waals surface area contributed by atoms with Crippen LogP contribution in [0.1, 0.15) is 18.1 Å². The minimum absolute atomic E-state index is 0.00832. The van der Waals surface area contributed by atoms with Crippen molar-refractivity contribution in [1.29, 1.82) is 0 Å². The standard InChI is InChI=1S/C19H18F4N2O2/c1-13(26)25(17-4-2-3-15(11-17)19(21,22)23)12-18(27)24-10-9-14-5-7-16(20)8-6-14/h2-8,11H,9-10,12H2,1H3,(H,24,27). The summed E-state index contributed by atoms with van der Waals surface area (Å²) < 4.78 is 51.4. The molecule has 27 heavy (non-hydrogen) atoms. The van der Waals surface area contributed by atoms with E-state index in [1.54, 1.807) is 12.1 Å². The average Bonchev–Trinajstić information content (AvgIpc) is 2.60. The number of carbonyl (C=O) groups is 2. The third kappa shape index (κ3) is 6.09. The Labute approximate surface area is 153 Å². The lowest BCUT2D eigenvalue weighted by Gasteiger charge is -2.21. The Morgan fingerprint density at radius 3 is 2.33 bits per heavy atom. The topological polar surface area (TPSA) is 49.4 Å². The van der Waals surface area contributed by atoms with Crippen LogP contribution in [0.4, 0.5) is 23.2 Å². The summed E-state index contributed by atoms with van der Waals surface area (Å²) in [4.78, 5) is 24.8. The molecule has 0 aliphatic carbocycles. The van der Waals surface area contributed by atoms with E-state index < -0.39 is 30.1 Å². The van der Waals surface area contributed by atoms with E-state index in [9.17, 15) is 27.2 Å². The van der Waals surface area contributed by atoms with Gasteiger partial charge in [0.05, 0.1) is 5.56 Å². The summed E-state index contributed by atoms with van der Waals surface area (Å²) in [5.74, 6) is -1.42. The highest BCUT2D eigenvalue weighted by Gasteiger charge is 2.31. The van der Waals surface area contributed by atoms with Crippen LogP contribution < -0.4 is 10.2 Å². The number of hydrogen-bond donors (Lipinski definition) is 1. The van der Waals surface area contributed by atoms with Crippen LogP contribution in [0.15, 0.2) is 48.5 Å². The van der Waals surface area contributed by atoms with Gasteiger partial charge in [-0.3, -0.25) is 9.59 Å². The van der Waals surface area contributed by atoms with Crippen molar-refractivity contribution >= 4 is 17.5 Å². The molecule has 0 fully saturated rings. The fourth-order valence-corrected chi connectivity index (χ4v) is 2.43. The first kappa shape index (κ1) is 20.4. The van der Waals surface area contributed by atoms with Gasteiger partial charge >= 0.3 is 6.18 Å². The molecule has 0 aliphatic heterocycles. The van der Waals surface area contributed by atoms with Crippen molar-refractivity contribution in [2.45, 2.75) is 19.5 Å². The Kier molecular flexibility index (Phi) is 6.55. The SMILES string of the molecule is CC(=O)N(CC(=O)NCCc1ccc(F)cc1)c1cccc(C(F)(F)F)c1. The predicted molar refractivity (Wildman–Crippen MR) is 92.6 cm³/mol. The number of anilines is 1. The van der Waals surface area contributed by atoms with E-state index in [-0.39, 0.29) is 18.0 Å². The maximum absolute atomic E-state index is 12.8. The first-order valence-corrected chi connectivity index (χ1v) is 8.13. The van der Waals surface area contributed by atoms with Gasteiger partial charge in [0, 0.05) is 19.2 Å². The van der Waals surface area contributed by atoms with Crippen molar-refractivity contribution in [1.82, 2.24) is 5.32 Å². The molecular formula is C19H18F4N2O2. The lowest BCUT2D eigenvalue weighted by molar-refractivity contribution is -0.137. The van der Waals surface area contributed by atoms with Crippen LogP contribution in [0.2, 0.25) is 0 Å². The van der Waals surface area contributed by atoms with Gasteiger partial charge in [-0.05, 0) is 42.3 Å². The lowest BCUT2D eigenvalue weighted by Crippen LogP contribution is -2.40. The van der Waals surface area contributed by atoms with Crippen LogP contribution in [-0.4, -0.2) is 24.9 Å². The zero-order chi connectivity index (χ0) is 20.0. The van der Waals surface area contributed by atoms with Gasteiger partial charge in [0.15, 0.2) is 0 Å². The van der Waals surface area contributed by atoms with E-state index in [2.05, 4.69) is 5.32 Å². The molecule has 0 unspecified atom stereocenters. The fourth-order valence-electron chi connectivity index (χ4n) is 2.43. The highest BCUT2D eigenvalue weighted by molar-refractivity contribution is 5.97. The van der Waals surface area contributed by atoms with Gasteiger partial charge in [-0.2, -0.15) is 13.2 Å². The molecule has 0 bridgehead atoms. The zero-order valence-corrected chi connectivity index (χ0v) is 14.5. The number of amides is 2. The van der Waals surface area contributed by atoms with Crippen molar-refractivity contribution in [3.63, 3.8) is 0 Å². The summed E-state index contributed by atoms with van der Waals surface area (Å²) in [7, 11) is 0. The number of rotatable bonds is 6. The Bertz CT molecular complexity index is 804. The second-order valence-electron chi connectivity index (χ2n) is 5.88. The summed E-state index contributed by atoms with van der Waals surface area (Å²) in [6.45, 7) is 1.02. The van der Waals surface area contributed by atoms with Crippen molar-refractivity contribution in [3.05, 3.63) is 65.5 Å². The molecule has 0 heterocycles.